The summed E-state index contributed by atoms with van der Waals surface area (Å²) in [6, 6.07) is 11.2. The molecule has 9 heteroatoms. The van der Waals surface area contributed by atoms with Crippen LogP contribution in [0.3, 0.4) is 0 Å². The second-order valence-electron chi connectivity index (χ2n) is 7.56. The number of carbonyl (C=O) groups excluding carboxylic acids is 2. The molecule has 2 aromatic carbocycles. The maximum Gasteiger partial charge on any atom is 0.454 e. The number of alkyl halides is 3. The molecule has 1 amide bonds. The predicted molar refractivity (Wildman–Crippen MR) is 111 cm³/mol. The first kappa shape index (κ1) is 21.7. The molecule has 0 saturated heterocycles. The molecule has 1 N–H and O–H groups in total. The highest BCUT2D eigenvalue weighted by atomic mass is 19.4. The summed E-state index contributed by atoms with van der Waals surface area (Å²) in [6.45, 7) is 2.67. The molecule has 3 aromatic rings. The summed E-state index contributed by atoms with van der Waals surface area (Å²) >= 11 is 0. The minimum atomic E-state index is -5.00. The summed E-state index contributed by atoms with van der Waals surface area (Å²) < 4.78 is 51.6. The molecule has 1 unspecified atom stereocenters. The van der Waals surface area contributed by atoms with E-state index in [1.54, 1.807) is 37.3 Å². The summed E-state index contributed by atoms with van der Waals surface area (Å²) in [5, 5.41) is 2.99. The predicted octanol–water partition coefficient (Wildman–Crippen LogP) is 4.43. The lowest BCUT2D eigenvalue weighted by atomic mass is 10.1. The Balaban J connectivity index is 1.52. The number of benzene rings is 2. The lowest BCUT2D eigenvalue weighted by Gasteiger charge is -2.17. The molecule has 0 bridgehead atoms. The molecule has 0 aliphatic carbocycles. The van der Waals surface area contributed by atoms with Crippen molar-refractivity contribution < 1.29 is 32.2 Å². The number of amides is 1. The number of carbonyl (C=O) groups is 2. The van der Waals surface area contributed by atoms with Crippen LogP contribution in [0.2, 0.25) is 0 Å². The minimum absolute atomic E-state index is 0.151. The van der Waals surface area contributed by atoms with Crippen LogP contribution in [0.1, 0.15) is 35.3 Å². The topological polar surface area (TPSA) is 69.6 Å². The zero-order chi connectivity index (χ0) is 22.9. The van der Waals surface area contributed by atoms with Gasteiger partial charge in [0.1, 0.15) is 6.54 Å². The molecule has 1 aliphatic heterocycles. The Hall–Kier alpha value is -3.49. The standard InChI is InChI=1S/C23H21F3N2O4/c1-14(15-7-8-19-20(11-15)32-10-4-9-31-19)27-21(29)13-28-12-17(22(30)23(24,25)26)16-5-2-3-6-18(16)28/h2-3,5-8,11-12,14H,4,9-10,13H2,1H3,(H,27,29). The number of para-hydroxylation sites is 1. The Kier molecular flexibility index (Phi) is 5.82. The smallest absolute Gasteiger partial charge is 0.454 e. The van der Waals surface area contributed by atoms with Crippen LogP contribution in [0.4, 0.5) is 13.2 Å². The van der Waals surface area contributed by atoms with Crippen molar-refractivity contribution in [2.24, 2.45) is 0 Å². The Morgan fingerprint density at radius 3 is 2.56 bits per heavy atom. The van der Waals surface area contributed by atoms with E-state index in [4.69, 9.17) is 9.47 Å². The molecule has 4 rings (SSSR count). The van der Waals surface area contributed by atoms with E-state index in [1.165, 1.54) is 10.6 Å². The number of hydrogen-bond acceptors (Lipinski definition) is 4. The summed E-state index contributed by atoms with van der Waals surface area (Å²) in [5.74, 6) is -1.09. The zero-order valence-corrected chi connectivity index (χ0v) is 17.2. The van der Waals surface area contributed by atoms with E-state index in [9.17, 15) is 22.8 Å². The lowest BCUT2D eigenvalue weighted by molar-refractivity contribution is -0.122. The van der Waals surface area contributed by atoms with Gasteiger partial charge < -0.3 is 19.4 Å². The average molecular weight is 446 g/mol. The third-order valence-electron chi connectivity index (χ3n) is 5.25. The molecule has 168 valence electrons. The first-order valence-corrected chi connectivity index (χ1v) is 10.1. The third-order valence-corrected chi connectivity index (χ3v) is 5.25. The quantitative estimate of drug-likeness (QED) is 0.589. The summed E-state index contributed by atoms with van der Waals surface area (Å²) in [4.78, 5) is 24.5. The van der Waals surface area contributed by atoms with Crippen LogP contribution in [0.15, 0.2) is 48.7 Å². The van der Waals surface area contributed by atoms with Crippen molar-refractivity contribution in [3.05, 3.63) is 59.8 Å². The maximum absolute atomic E-state index is 13.0. The minimum Gasteiger partial charge on any atom is -0.490 e. The van der Waals surface area contributed by atoms with Gasteiger partial charge in [-0.25, -0.2) is 0 Å². The fourth-order valence-corrected chi connectivity index (χ4v) is 3.69. The van der Waals surface area contributed by atoms with Gasteiger partial charge in [-0.3, -0.25) is 9.59 Å². The van der Waals surface area contributed by atoms with Crippen molar-refractivity contribution in [2.45, 2.75) is 32.1 Å². The van der Waals surface area contributed by atoms with Gasteiger partial charge in [0.25, 0.3) is 5.78 Å². The largest absolute Gasteiger partial charge is 0.490 e. The zero-order valence-electron chi connectivity index (χ0n) is 17.2. The lowest BCUT2D eigenvalue weighted by Crippen LogP contribution is -2.30. The van der Waals surface area contributed by atoms with Gasteiger partial charge in [0.05, 0.1) is 24.8 Å². The number of fused-ring (bicyclic) bond motifs is 2. The van der Waals surface area contributed by atoms with Crippen molar-refractivity contribution in [1.29, 1.82) is 0 Å². The number of Topliss-reactive ketones (excluding diaryl/α,β-unsaturated/α-hetero) is 1. The normalized spacial score (nSPS) is 14.6. The number of aromatic nitrogens is 1. The summed E-state index contributed by atoms with van der Waals surface area (Å²) in [6.07, 6.45) is -3.14. The van der Waals surface area contributed by atoms with Crippen LogP contribution in [0, 0.1) is 0 Å². The molecule has 0 fully saturated rings. The van der Waals surface area contributed by atoms with E-state index in [1.807, 2.05) is 6.07 Å². The number of ketones is 1. The van der Waals surface area contributed by atoms with Gasteiger partial charge in [-0.2, -0.15) is 13.2 Å². The number of nitrogens with zero attached hydrogens (tertiary/aromatic N) is 1. The molecule has 0 spiro atoms. The van der Waals surface area contributed by atoms with Crippen molar-refractivity contribution >= 4 is 22.6 Å². The molecule has 6 nitrogen and oxygen atoms in total. The third kappa shape index (κ3) is 4.42. The van der Waals surface area contributed by atoms with Crippen LogP contribution in [-0.4, -0.2) is 35.6 Å². The van der Waals surface area contributed by atoms with Gasteiger partial charge in [0.15, 0.2) is 11.5 Å². The number of ether oxygens (including phenoxy) is 2. The van der Waals surface area contributed by atoms with Gasteiger partial charge >= 0.3 is 6.18 Å². The first-order chi connectivity index (χ1) is 15.2. The van der Waals surface area contributed by atoms with Gasteiger partial charge in [-0.05, 0) is 30.7 Å². The van der Waals surface area contributed by atoms with Gasteiger partial charge in [-0.15, -0.1) is 0 Å². The van der Waals surface area contributed by atoms with E-state index in [-0.39, 0.29) is 18.0 Å². The number of halogens is 3. The monoisotopic (exact) mass is 446 g/mol. The van der Waals surface area contributed by atoms with E-state index in [2.05, 4.69) is 5.32 Å². The fourth-order valence-electron chi connectivity index (χ4n) is 3.69. The highest BCUT2D eigenvalue weighted by Crippen LogP contribution is 2.32. The molecule has 1 aromatic heterocycles. The van der Waals surface area contributed by atoms with E-state index in [0.717, 1.165) is 18.2 Å². The molecular formula is C23H21F3N2O4. The SMILES string of the molecule is CC(NC(=O)Cn1cc(C(=O)C(F)(F)F)c2ccccc21)c1ccc2c(c1)OCCCO2. The van der Waals surface area contributed by atoms with Crippen molar-refractivity contribution in [1.82, 2.24) is 9.88 Å². The molecule has 1 aliphatic rings. The molecule has 0 saturated carbocycles. The summed E-state index contributed by atoms with van der Waals surface area (Å²) in [7, 11) is 0. The number of hydrogen-bond donors (Lipinski definition) is 1. The van der Waals surface area contributed by atoms with Gasteiger partial charge in [0.2, 0.25) is 5.91 Å². The van der Waals surface area contributed by atoms with Crippen molar-refractivity contribution in [2.75, 3.05) is 13.2 Å². The first-order valence-electron chi connectivity index (χ1n) is 10.1. The van der Waals surface area contributed by atoms with Crippen molar-refractivity contribution in [3.63, 3.8) is 0 Å². The molecule has 0 radical (unpaired) electrons. The van der Waals surface area contributed by atoms with E-state index in [0.29, 0.717) is 30.2 Å². The van der Waals surface area contributed by atoms with Crippen LogP contribution < -0.4 is 14.8 Å². The average Bonchev–Trinajstić information content (AvgIpc) is 2.94. The van der Waals surface area contributed by atoms with Crippen LogP contribution in [-0.2, 0) is 11.3 Å². The van der Waals surface area contributed by atoms with Gasteiger partial charge in [-0.1, -0.05) is 24.3 Å². The van der Waals surface area contributed by atoms with Crippen molar-refractivity contribution in [3.8, 4) is 11.5 Å². The highest BCUT2D eigenvalue weighted by molar-refractivity contribution is 6.10. The van der Waals surface area contributed by atoms with Crippen LogP contribution in [0.5, 0.6) is 11.5 Å². The molecule has 32 heavy (non-hydrogen) atoms. The molecule has 1 atom stereocenters. The second-order valence-corrected chi connectivity index (χ2v) is 7.56. The number of nitrogens with one attached hydrogen (secondary N) is 1. The second kappa shape index (κ2) is 8.57. The van der Waals surface area contributed by atoms with E-state index >= 15 is 0 Å². The Bertz CT molecular complexity index is 1170. The fraction of sp³-hybridized carbons (Fsp3) is 0.304. The Morgan fingerprint density at radius 2 is 1.81 bits per heavy atom. The number of rotatable bonds is 5. The molecular weight excluding hydrogens is 425 g/mol. The van der Waals surface area contributed by atoms with E-state index < -0.39 is 23.4 Å². The maximum atomic E-state index is 13.0. The van der Waals surface area contributed by atoms with Crippen LogP contribution >= 0.6 is 0 Å². The molecule has 2 heterocycles. The Labute approximate surface area is 181 Å². The van der Waals surface area contributed by atoms with Crippen LogP contribution in [0.25, 0.3) is 10.9 Å². The Morgan fingerprint density at radius 1 is 1.09 bits per heavy atom. The van der Waals surface area contributed by atoms with Gasteiger partial charge in [0, 0.05) is 23.5 Å². The summed E-state index contributed by atoms with van der Waals surface area (Å²) in [5.41, 5.74) is 0.697. The highest BCUT2D eigenvalue weighted by Gasteiger charge is 2.40.